The van der Waals surface area contributed by atoms with Crippen molar-refractivity contribution in [3.05, 3.63) is 0 Å². The number of oxime groups is 1. The molecule has 1 rings (SSSR count). The minimum atomic E-state index is 0.112. The smallest absolute Gasteiger partial charge is 0.220 e. The van der Waals surface area contributed by atoms with E-state index in [0.29, 0.717) is 13.0 Å². The molecule has 0 aromatic carbocycles. The Bertz CT molecular complexity index is 197. The van der Waals surface area contributed by atoms with E-state index in [2.05, 4.69) is 10.5 Å². The van der Waals surface area contributed by atoms with E-state index in [1.54, 1.807) is 0 Å². The molecule has 1 aliphatic rings. The van der Waals surface area contributed by atoms with E-state index in [9.17, 15) is 4.79 Å². The highest BCUT2D eigenvalue weighted by molar-refractivity contribution is 5.78. The molecular formula is C8H14N2O2. The molecule has 4 heteroatoms. The number of carbonyl (C=O) groups excluding carboxylic acids is 1. The number of amides is 1. The van der Waals surface area contributed by atoms with Crippen LogP contribution in [-0.4, -0.2) is 24.3 Å². The maximum absolute atomic E-state index is 10.7. The number of nitrogens with zero attached hydrogens (tertiary/aromatic N) is 1. The minimum Gasteiger partial charge on any atom is -0.394 e. The Morgan fingerprint density at radius 3 is 3.00 bits per heavy atom. The van der Waals surface area contributed by atoms with Crippen molar-refractivity contribution in [2.45, 2.75) is 32.7 Å². The molecule has 1 saturated heterocycles. The molecule has 0 bridgehead atoms. The van der Waals surface area contributed by atoms with Crippen LogP contribution in [0.1, 0.15) is 26.7 Å². The van der Waals surface area contributed by atoms with Gasteiger partial charge in [-0.3, -0.25) is 4.79 Å². The maximum atomic E-state index is 10.7. The highest BCUT2D eigenvalue weighted by Gasteiger charge is 2.20. The number of hydrogen-bond acceptors (Lipinski definition) is 3. The minimum absolute atomic E-state index is 0.112. The Balaban J connectivity index is 2.16. The zero-order chi connectivity index (χ0) is 8.97. The molecule has 0 spiro atoms. The lowest BCUT2D eigenvalue weighted by molar-refractivity contribution is -0.119. The normalized spacial score (nSPS) is 21.8. The monoisotopic (exact) mass is 170 g/mol. The first-order valence-electron chi connectivity index (χ1n) is 4.11. The van der Waals surface area contributed by atoms with Crippen LogP contribution in [-0.2, 0) is 9.63 Å². The zero-order valence-electron chi connectivity index (χ0n) is 7.46. The fourth-order valence-corrected chi connectivity index (χ4v) is 1.06. The van der Waals surface area contributed by atoms with Gasteiger partial charge in [0.1, 0.15) is 6.61 Å². The molecule has 0 aromatic heterocycles. The Labute approximate surface area is 72.0 Å². The van der Waals surface area contributed by atoms with Crippen LogP contribution in [0.15, 0.2) is 5.16 Å². The van der Waals surface area contributed by atoms with Crippen LogP contribution in [0.5, 0.6) is 0 Å². The van der Waals surface area contributed by atoms with Gasteiger partial charge in [0.15, 0.2) is 0 Å². The van der Waals surface area contributed by atoms with Gasteiger partial charge in [0, 0.05) is 6.42 Å². The predicted octanol–water partition coefficient (Wildman–Crippen LogP) is 0.677. The molecule has 1 atom stereocenters. The summed E-state index contributed by atoms with van der Waals surface area (Å²) in [6.07, 6.45) is 1.47. The van der Waals surface area contributed by atoms with Crippen molar-refractivity contribution in [3.8, 4) is 0 Å². The summed E-state index contributed by atoms with van der Waals surface area (Å²) in [7, 11) is 0. The second-order valence-electron chi connectivity index (χ2n) is 3.14. The van der Waals surface area contributed by atoms with Crippen LogP contribution < -0.4 is 5.32 Å². The van der Waals surface area contributed by atoms with E-state index in [0.717, 1.165) is 12.1 Å². The molecule has 1 aliphatic heterocycles. The Kier molecular flexibility index (Phi) is 3.08. The maximum Gasteiger partial charge on any atom is 0.220 e. The van der Waals surface area contributed by atoms with E-state index in [4.69, 9.17) is 4.84 Å². The third-order valence-electron chi connectivity index (χ3n) is 1.61. The van der Waals surface area contributed by atoms with Gasteiger partial charge in [0.2, 0.25) is 5.91 Å². The van der Waals surface area contributed by atoms with Gasteiger partial charge in [-0.2, -0.15) is 0 Å². The van der Waals surface area contributed by atoms with Crippen molar-refractivity contribution in [1.82, 2.24) is 5.32 Å². The summed E-state index contributed by atoms with van der Waals surface area (Å²) in [6.45, 7) is 4.22. The van der Waals surface area contributed by atoms with Crippen molar-refractivity contribution in [1.29, 1.82) is 0 Å². The lowest BCUT2D eigenvalue weighted by atomic mass is 10.2. The highest BCUT2D eigenvalue weighted by atomic mass is 16.6. The van der Waals surface area contributed by atoms with Crippen LogP contribution >= 0.6 is 0 Å². The first kappa shape index (κ1) is 9.03. The molecule has 1 amide bonds. The lowest BCUT2D eigenvalue weighted by Crippen LogP contribution is -2.29. The van der Waals surface area contributed by atoms with Crippen molar-refractivity contribution < 1.29 is 9.63 Å². The van der Waals surface area contributed by atoms with E-state index >= 15 is 0 Å². The van der Waals surface area contributed by atoms with Crippen molar-refractivity contribution in [3.63, 3.8) is 0 Å². The topological polar surface area (TPSA) is 50.7 Å². The number of nitrogens with one attached hydrogen (secondary N) is 1. The predicted molar refractivity (Wildman–Crippen MR) is 45.9 cm³/mol. The van der Waals surface area contributed by atoms with Crippen molar-refractivity contribution >= 4 is 11.6 Å². The van der Waals surface area contributed by atoms with Gasteiger partial charge in [-0.15, -0.1) is 0 Å². The molecule has 4 nitrogen and oxygen atoms in total. The van der Waals surface area contributed by atoms with Gasteiger partial charge in [-0.25, -0.2) is 0 Å². The summed E-state index contributed by atoms with van der Waals surface area (Å²) in [5.41, 5.74) is 0.888. The average molecular weight is 170 g/mol. The lowest BCUT2D eigenvalue weighted by Gasteiger charge is -2.07. The van der Waals surface area contributed by atoms with Gasteiger partial charge < -0.3 is 10.2 Å². The SMILES string of the molecule is CC(C)=NOC[C@H]1CCC(=O)N1. The quantitative estimate of drug-likeness (QED) is 0.500. The zero-order valence-corrected chi connectivity index (χ0v) is 7.46. The standard InChI is InChI=1S/C8H14N2O2/c1-6(2)10-12-5-7-3-4-8(11)9-7/h7H,3-5H2,1-2H3,(H,9,11)/t7-/m1/s1. The molecule has 0 aromatic rings. The summed E-state index contributed by atoms with van der Waals surface area (Å²) in [6, 6.07) is 0.153. The fourth-order valence-electron chi connectivity index (χ4n) is 1.06. The first-order chi connectivity index (χ1) is 5.68. The number of carbonyl (C=O) groups is 1. The summed E-state index contributed by atoms with van der Waals surface area (Å²) in [5.74, 6) is 0.112. The molecule has 0 aliphatic carbocycles. The second kappa shape index (κ2) is 4.09. The Morgan fingerprint density at radius 2 is 2.50 bits per heavy atom. The van der Waals surface area contributed by atoms with Crippen molar-refractivity contribution in [2.24, 2.45) is 5.16 Å². The average Bonchev–Trinajstić information content (AvgIpc) is 2.35. The molecule has 1 N–H and O–H groups in total. The summed E-state index contributed by atoms with van der Waals surface area (Å²) in [4.78, 5) is 15.7. The molecule has 1 fully saturated rings. The molecule has 0 unspecified atom stereocenters. The molecule has 0 radical (unpaired) electrons. The van der Waals surface area contributed by atoms with E-state index in [1.807, 2.05) is 13.8 Å². The van der Waals surface area contributed by atoms with Crippen LogP contribution in [0.25, 0.3) is 0 Å². The summed E-state index contributed by atoms with van der Waals surface area (Å²) in [5, 5.41) is 6.57. The third-order valence-corrected chi connectivity index (χ3v) is 1.61. The van der Waals surface area contributed by atoms with Crippen molar-refractivity contribution in [2.75, 3.05) is 6.61 Å². The van der Waals surface area contributed by atoms with Crippen LogP contribution in [0.3, 0.4) is 0 Å². The van der Waals surface area contributed by atoms with Gasteiger partial charge in [-0.1, -0.05) is 5.16 Å². The highest BCUT2D eigenvalue weighted by Crippen LogP contribution is 2.06. The van der Waals surface area contributed by atoms with Crippen LogP contribution in [0, 0.1) is 0 Å². The second-order valence-corrected chi connectivity index (χ2v) is 3.14. The van der Waals surface area contributed by atoms with Crippen LogP contribution in [0.4, 0.5) is 0 Å². The van der Waals surface area contributed by atoms with Gasteiger partial charge in [0.05, 0.1) is 11.8 Å². The van der Waals surface area contributed by atoms with E-state index < -0.39 is 0 Å². The molecular weight excluding hydrogens is 156 g/mol. The van der Waals surface area contributed by atoms with E-state index in [1.165, 1.54) is 0 Å². The summed E-state index contributed by atoms with van der Waals surface area (Å²) >= 11 is 0. The Morgan fingerprint density at radius 1 is 1.75 bits per heavy atom. The fraction of sp³-hybridized carbons (Fsp3) is 0.750. The number of hydrogen-bond donors (Lipinski definition) is 1. The van der Waals surface area contributed by atoms with Gasteiger partial charge in [-0.05, 0) is 20.3 Å². The van der Waals surface area contributed by atoms with Gasteiger partial charge >= 0.3 is 0 Å². The largest absolute Gasteiger partial charge is 0.394 e. The molecule has 0 saturated carbocycles. The summed E-state index contributed by atoms with van der Waals surface area (Å²) < 4.78 is 0. The van der Waals surface area contributed by atoms with E-state index in [-0.39, 0.29) is 11.9 Å². The third kappa shape index (κ3) is 2.90. The molecule has 68 valence electrons. The van der Waals surface area contributed by atoms with Gasteiger partial charge in [0.25, 0.3) is 0 Å². The number of rotatable bonds is 3. The Hall–Kier alpha value is -1.06. The first-order valence-corrected chi connectivity index (χ1v) is 4.11. The van der Waals surface area contributed by atoms with Crippen LogP contribution in [0.2, 0.25) is 0 Å². The molecule has 1 heterocycles. The molecule has 12 heavy (non-hydrogen) atoms.